The van der Waals surface area contributed by atoms with Crippen molar-refractivity contribution < 1.29 is 17.6 Å². The minimum absolute atomic E-state index is 0.0982. The van der Waals surface area contributed by atoms with Crippen LogP contribution < -0.4 is 0 Å². The molecule has 0 spiro atoms. The van der Waals surface area contributed by atoms with E-state index in [-0.39, 0.29) is 11.1 Å². The van der Waals surface area contributed by atoms with Crippen LogP contribution in [0.1, 0.15) is 0 Å². The summed E-state index contributed by atoms with van der Waals surface area (Å²) < 4.78 is 51.6. The second kappa shape index (κ2) is 3.96. The molecule has 82 valence electrons. The molecule has 0 saturated carbocycles. The van der Waals surface area contributed by atoms with Gasteiger partial charge in [-0.3, -0.25) is 0 Å². The van der Waals surface area contributed by atoms with Gasteiger partial charge in [0.05, 0.1) is 0 Å². The Bertz CT molecular complexity index is 517. The van der Waals surface area contributed by atoms with E-state index in [1.807, 2.05) is 0 Å². The summed E-state index contributed by atoms with van der Waals surface area (Å²) in [5.41, 5.74) is 0.191. The Hall–Kier alpha value is -1.84. The van der Waals surface area contributed by atoms with Crippen LogP contribution in [0.5, 0.6) is 0 Å². The number of halogens is 4. The second-order valence-electron chi connectivity index (χ2n) is 3.23. The van der Waals surface area contributed by atoms with Gasteiger partial charge >= 0.3 is 0 Å². The molecule has 0 aromatic heterocycles. The third kappa shape index (κ3) is 1.78. The van der Waals surface area contributed by atoms with Gasteiger partial charge in [-0.2, -0.15) is 0 Å². The molecule has 0 aliphatic heterocycles. The van der Waals surface area contributed by atoms with Crippen LogP contribution in [0.15, 0.2) is 36.4 Å². The summed E-state index contributed by atoms with van der Waals surface area (Å²) in [4.78, 5) is 0. The molecule has 0 aliphatic carbocycles. The quantitative estimate of drug-likeness (QED) is 0.510. The summed E-state index contributed by atoms with van der Waals surface area (Å²) in [6.07, 6.45) is 0. The van der Waals surface area contributed by atoms with Crippen molar-refractivity contribution in [1.29, 1.82) is 0 Å². The highest BCUT2D eigenvalue weighted by molar-refractivity contribution is 5.64. The summed E-state index contributed by atoms with van der Waals surface area (Å²) in [5.74, 6) is -4.52. The first-order valence-electron chi connectivity index (χ1n) is 4.49. The van der Waals surface area contributed by atoms with E-state index in [9.17, 15) is 17.6 Å². The lowest BCUT2D eigenvalue weighted by atomic mass is 10.0. The van der Waals surface area contributed by atoms with Crippen molar-refractivity contribution in [2.45, 2.75) is 0 Å². The summed E-state index contributed by atoms with van der Waals surface area (Å²) in [5, 5.41) is 0. The molecule has 4 heteroatoms. The maximum absolute atomic E-state index is 13.3. The van der Waals surface area contributed by atoms with Crippen LogP contribution in [0.2, 0.25) is 0 Å². The minimum Gasteiger partial charge on any atom is -0.207 e. The predicted octanol–water partition coefficient (Wildman–Crippen LogP) is 3.91. The zero-order valence-electron chi connectivity index (χ0n) is 7.98. The number of rotatable bonds is 1. The average molecular weight is 226 g/mol. The fraction of sp³-hybridized carbons (Fsp3) is 0. The van der Waals surface area contributed by atoms with Crippen molar-refractivity contribution in [2.75, 3.05) is 0 Å². The molecule has 2 aromatic rings. The first-order chi connectivity index (χ1) is 7.59. The molecule has 0 bridgehead atoms. The molecule has 0 aliphatic rings. The molecule has 0 atom stereocenters. The first kappa shape index (κ1) is 10.7. The smallest absolute Gasteiger partial charge is 0.195 e. The molecule has 0 N–H and O–H groups in total. The third-order valence-corrected chi connectivity index (χ3v) is 2.19. The number of hydrogen-bond donors (Lipinski definition) is 0. The zero-order valence-corrected chi connectivity index (χ0v) is 7.98. The summed E-state index contributed by atoms with van der Waals surface area (Å²) in [6, 6.07) is 6.78. The van der Waals surface area contributed by atoms with Crippen LogP contribution in [0, 0.1) is 23.3 Å². The topological polar surface area (TPSA) is 0 Å². The Kier molecular flexibility index (Phi) is 2.64. The maximum atomic E-state index is 13.3. The fourth-order valence-corrected chi connectivity index (χ4v) is 1.38. The molecule has 16 heavy (non-hydrogen) atoms. The lowest BCUT2D eigenvalue weighted by molar-refractivity contribution is 0.449. The first-order valence-corrected chi connectivity index (χ1v) is 4.49. The molecule has 2 aromatic carbocycles. The fourth-order valence-electron chi connectivity index (χ4n) is 1.38. The average Bonchev–Trinajstić information content (AvgIpc) is 2.28. The normalized spacial score (nSPS) is 10.5. The van der Waals surface area contributed by atoms with E-state index in [1.54, 1.807) is 0 Å². The Labute approximate surface area is 89.2 Å². The zero-order chi connectivity index (χ0) is 11.7. The monoisotopic (exact) mass is 226 g/mol. The van der Waals surface area contributed by atoms with Crippen molar-refractivity contribution in [2.24, 2.45) is 0 Å². The van der Waals surface area contributed by atoms with E-state index >= 15 is 0 Å². The molecule has 0 fully saturated rings. The molecule has 2 rings (SSSR count). The summed E-state index contributed by atoms with van der Waals surface area (Å²) in [6.45, 7) is 0. The molecule has 0 nitrogen and oxygen atoms in total. The molecule has 0 amide bonds. The van der Waals surface area contributed by atoms with Gasteiger partial charge in [0.25, 0.3) is 0 Å². The van der Waals surface area contributed by atoms with Gasteiger partial charge in [-0.1, -0.05) is 12.1 Å². The van der Waals surface area contributed by atoms with Gasteiger partial charge in [0.1, 0.15) is 5.82 Å². The van der Waals surface area contributed by atoms with Crippen molar-refractivity contribution in [1.82, 2.24) is 0 Å². The lowest BCUT2D eigenvalue weighted by Gasteiger charge is -2.04. The molecule has 0 unspecified atom stereocenters. The summed E-state index contributed by atoms with van der Waals surface area (Å²) >= 11 is 0. The highest BCUT2D eigenvalue weighted by atomic mass is 19.2. The minimum atomic E-state index is -1.53. The Morgan fingerprint density at radius 3 is 1.88 bits per heavy atom. The second-order valence-corrected chi connectivity index (χ2v) is 3.23. The largest absolute Gasteiger partial charge is 0.207 e. The molecule has 0 saturated heterocycles. The van der Waals surface area contributed by atoms with Crippen LogP contribution >= 0.6 is 0 Å². The van der Waals surface area contributed by atoms with E-state index in [4.69, 9.17) is 0 Å². The molecular weight excluding hydrogens is 220 g/mol. The third-order valence-electron chi connectivity index (χ3n) is 2.19. The van der Waals surface area contributed by atoms with Gasteiger partial charge in [-0.25, -0.2) is 17.6 Å². The van der Waals surface area contributed by atoms with Gasteiger partial charge in [0, 0.05) is 5.56 Å². The predicted molar refractivity (Wildman–Crippen MR) is 51.7 cm³/mol. The van der Waals surface area contributed by atoms with E-state index < -0.39 is 23.3 Å². The van der Waals surface area contributed by atoms with Crippen LogP contribution in [-0.2, 0) is 0 Å². The van der Waals surface area contributed by atoms with Crippen LogP contribution in [0.4, 0.5) is 17.6 Å². The van der Waals surface area contributed by atoms with E-state index in [0.717, 1.165) is 24.3 Å². The van der Waals surface area contributed by atoms with Gasteiger partial charge < -0.3 is 0 Å². The summed E-state index contributed by atoms with van der Waals surface area (Å²) in [7, 11) is 0. The Morgan fingerprint density at radius 1 is 0.625 bits per heavy atom. The van der Waals surface area contributed by atoms with E-state index in [0.29, 0.717) is 0 Å². The van der Waals surface area contributed by atoms with Crippen LogP contribution in [0.25, 0.3) is 11.1 Å². The van der Waals surface area contributed by atoms with Crippen LogP contribution in [-0.4, -0.2) is 0 Å². The number of hydrogen-bond acceptors (Lipinski definition) is 0. The van der Waals surface area contributed by atoms with Gasteiger partial charge in [0.15, 0.2) is 17.5 Å². The Morgan fingerprint density at radius 2 is 1.25 bits per heavy atom. The van der Waals surface area contributed by atoms with Crippen molar-refractivity contribution in [3.8, 4) is 11.1 Å². The van der Waals surface area contributed by atoms with Gasteiger partial charge in [-0.15, -0.1) is 0 Å². The van der Waals surface area contributed by atoms with Crippen molar-refractivity contribution >= 4 is 0 Å². The van der Waals surface area contributed by atoms with E-state index in [2.05, 4.69) is 0 Å². The van der Waals surface area contributed by atoms with Gasteiger partial charge in [-0.05, 0) is 29.8 Å². The van der Waals surface area contributed by atoms with Crippen LogP contribution in [0.3, 0.4) is 0 Å². The maximum Gasteiger partial charge on any atom is 0.195 e. The highest BCUT2D eigenvalue weighted by Gasteiger charge is 2.14. The Balaban J connectivity index is 2.57. The highest BCUT2D eigenvalue weighted by Crippen LogP contribution is 2.25. The molecule has 0 heterocycles. The lowest BCUT2D eigenvalue weighted by Crippen LogP contribution is -1.93. The molecule has 0 radical (unpaired) electrons. The number of benzene rings is 2. The standard InChI is InChI=1S/C12H6F4/c13-8-3-1-7(2-4-8)9-5-6-10(14)12(16)11(9)15/h1-6H. The van der Waals surface area contributed by atoms with E-state index in [1.165, 1.54) is 12.1 Å². The van der Waals surface area contributed by atoms with Gasteiger partial charge in [0.2, 0.25) is 0 Å². The SMILES string of the molecule is Fc1ccc(-c2ccc(F)c(F)c2F)cc1. The van der Waals surface area contributed by atoms with Crippen molar-refractivity contribution in [3.05, 3.63) is 59.7 Å². The molecular formula is C12H6F4. The van der Waals surface area contributed by atoms with Crippen molar-refractivity contribution in [3.63, 3.8) is 0 Å².